The third-order valence-corrected chi connectivity index (χ3v) is 8.66. The Hall–Kier alpha value is -5.09. The second-order valence-corrected chi connectivity index (χ2v) is 12.1. The molecule has 3 amide bonds. The first kappa shape index (κ1) is 34.3. The number of rotatable bonds is 13. The quantitative estimate of drug-likeness (QED) is 0.118. The van der Waals surface area contributed by atoms with E-state index in [1.54, 1.807) is 26.2 Å². The van der Waals surface area contributed by atoms with Gasteiger partial charge in [-0.25, -0.2) is 9.69 Å². The van der Waals surface area contributed by atoms with Gasteiger partial charge in [0.25, 0.3) is 5.91 Å². The first-order valence-corrected chi connectivity index (χ1v) is 16.4. The molecule has 248 valence electrons. The van der Waals surface area contributed by atoms with Crippen LogP contribution >= 0.6 is 12.6 Å². The molecule has 48 heavy (non-hydrogen) atoms. The van der Waals surface area contributed by atoms with Crippen molar-refractivity contribution in [3.05, 3.63) is 107 Å². The highest BCUT2D eigenvalue weighted by Crippen LogP contribution is 2.30. The van der Waals surface area contributed by atoms with E-state index in [-0.39, 0.29) is 24.6 Å². The predicted molar refractivity (Wildman–Crippen MR) is 191 cm³/mol. The van der Waals surface area contributed by atoms with E-state index in [0.29, 0.717) is 17.9 Å². The van der Waals surface area contributed by atoms with Crippen LogP contribution in [0.4, 0.5) is 10.5 Å². The van der Waals surface area contributed by atoms with Gasteiger partial charge in [-0.2, -0.15) is 12.6 Å². The number of thiol groups is 1. The van der Waals surface area contributed by atoms with E-state index < -0.39 is 23.9 Å². The van der Waals surface area contributed by atoms with E-state index in [4.69, 9.17) is 9.47 Å². The Labute approximate surface area is 285 Å². The molecule has 0 bridgehead atoms. The number of Topliss-reactive ketones (excluding diaryl/α,β-unsaturated/α-hetero) is 1. The largest absolute Gasteiger partial charge is 0.497 e. The van der Waals surface area contributed by atoms with Crippen molar-refractivity contribution in [3.63, 3.8) is 0 Å². The van der Waals surface area contributed by atoms with Gasteiger partial charge in [-0.05, 0) is 84.5 Å². The maximum atomic E-state index is 14.3. The van der Waals surface area contributed by atoms with Crippen LogP contribution in [-0.2, 0) is 38.6 Å². The number of nitrogens with zero attached hydrogens (tertiary/aromatic N) is 1. The molecule has 5 aromatic rings. The van der Waals surface area contributed by atoms with Gasteiger partial charge in [-0.1, -0.05) is 54.6 Å². The van der Waals surface area contributed by atoms with Crippen LogP contribution in [0.3, 0.4) is 0 Å². The first-order valence-electron chi connectivity index (χ1n) is 15.8. The van der Waals surface area contributed by atoms with Crippen LogP contribution in [0, 0.1) is 6.92 Å². The third kappa shape index (κ3) is 8.06. The van der Waals surface area contributed by atoms with Crippen molar-refractivity contribution in [2.24, 2.45) is 0 Å². The molecule has 0 aliphatic rings. The Balaban J connectivity index is 1.47. The van der Waals surface area contributed by atoms with Gasteiger partial charge in [0, 0.05) is 28.8 Å². The second kappa shape index (κ2) is 15.7. The fraction of sp³-hybridized carbons (Fsp3) is 0.263. The number of ketones is 1. The molecule has 0 saturated heterocycles. The lowest BCUT2D eigenvalue weighted by Gasteiger charge is -2.26. The molecule has 0 aliphatic heterocycles. The van der Waals surface area contributed by atoms with Crippen LogP contribution in [0.5, 0.6) is 5.75 Å². The number of imide groups is 1. The van der Waals surface area contributed by atoms with Crippen molar-refractivity contribution in [2.75, 3.05) is 17.8 Å². The molecule has 5 rings (SSSR count). The number of carbonyl (C=O) groups excluding carboxylic acids is 4. The maximum absolute atomic E-state index is 14.3. The molecule has 0 unspecified atom stereocenters. The number of alkyl carbamates (subject to hydrolysis) is 1. The van der Waals surface area contributed by atoms with Gasteiger partial charge in [0.05, 0.1) is 19.2 Å². The number of carbonyl (C=O) groups is 4. The summed E-state index contributed by atoms with van der Waals surface area (Å²) in [5.41, 5.74) is 4.59. The summed E-state index contributed by atoms with van der Waals surface area (Å²) in [5, 5.41) is 5.23. The number of nitrogens with one attached hydrogen (secondary N) is 2. The monoisotopic (exact) mass is 665 g/mol. The Kier molecular flexibility index (Phi) is 11.2. The zero-order chi connectivity index (χ0) is 34.2. The number of benzene rings is 4. The third-order valence-electron chi connectivity index (χ3n) is 8.30. The van der Waals surface area contributed by atoms with Crippen molar-refractivity contribution in [1.29, 1.82) is 0 Å². The van der Waals surface area contributed by atoms with E-state index >= 15 is 0 Å². The fourth-order valence-corrected chi connectivity index (χ4v) is 6.06. The van der Waals surface area contributed by atoms with E-state index in [1.807, 2.05) is 79.7 Å². The summed E-state index contributed by atoms with van der Waals surface area (Å²) in [4.78, 5) is 57.3. The Morgan fingerprint density at radius 2 is 1.73 bits per heavy atom. The molecule has 1 atom stereocenters. The van der Waals surface area contributed by atoms with Crippen molar-refractivity contribution in [3.8, 4) is 5.75 Å². The van der Waals surface area contributed by atoms with E-state index in [1.165, 1.54) is 0 Å². The number of aromatic nitrogens is 1. The normalized spacial score (nSPS) is 11.7. The topological polar surface area (TPSA) is 118 Å². The fourth-order valence-electron chi connectivity index (χ4n) is 5.81. The van der Waals surface area contributed by atoms with Crippen molar-refractivity contribution < 1.29 is 28.7 Å². The van der Waals surface area contributed by atoms with Crippen molar-refractivity contribution >= 4 is 63.7 Å². The van der Waals surface area contributed by atoms with Crippen LogP contribution in [-0.4, -0.2) is 47.6 Å². The molecule has 2 N–H and O–H groups in total. The molecule has 0 spiro atoms. The molecular weight excluding hydrogens is 627 g/mol. The van der Waals surface area contributed by atoms with Crippen molar-refractivity contribution in [1.82, 2.24) is 10.3 Å². The first-order chi connectivity index (χ1) is 23.2. The smallest absolute Gasteiger partial charge is 0.408 e. The number of fused-ring (bicyclic) bond motifs is 2. The summed E-state index contributed by atoms with van der Waals surface area (Å²) in [5.74, 6) is -0.399. The van der Waals surface area contributed by atoms with Crippen molar-refractivity contribution in [2.45, 2.75) is 52.2 Å². The zero-order valence-corrected chi connectivity index (χ0v) is 28.1. The van der Waals surface area contributed by atoms with Crippen LogP contribution in [0.1, 0.15) is 42.1 Å². The lowest BCUT2D eigenvalue weighted by molar-refractivity contribution is -0.127. The maximum Gasteiger partial charge on any atom is 0.408 e. The van der Waals surface area contributed by atoms with Crippen LogP contribution < -0.4 is 15.0 Å². The summed E-state index contributed by atoms with van der Waals surface area (Å²) in [7, 11) is 1.58. The SMILES string of the molecule is COc1ccc2[nH]c(C)c(CC(=O)N(C(=O)[C@H](CS)NC(=O)OCc3ccccc3)c3ccc4c(CCCC(C)=O)cccc4c3)c2c1. The number of aromatic amines is 1. The molecule has 0 fully saturated rings. The highest BCUT2D eigenvalue weighted by Gasteiger charge is 2.32. The lowest BCUT2D eigenvalue weighted by atomic mass is 9.98. The van der Waals surface area contributed by atoms with Gasteiger partial charge >= 0.3 is 6.09 Å². The number of hydrogen-bond donors (Lipinski definition) is 3. The molecule has 0 aliphatic carbocycles. The number of hydrogen-bond acceptors (Lipinski definition) is 7. The molecule has 10 heteroatoms. The minimum atomic E-state index is -1.15. The molecular formula is C38H39N3O6S. The second-order valence-electron chi connectivity index (χ2n) is 11.7. The Morgan fingerprint density at radius 1 is 0.938 bits per heavy atom. The summed E-state index contributed by atoms with van der Waals surface area (Å²) in [6.07, 6.45) is 1.05. The van der Waals surface area contributed by atoms with E-state index in [2.05, 4.69) is 22.9 Å². The number of amides is 3. The summed E-state index contributed by atoms with van der Waals surface area (Å²) in [6.45, 7) is 3.49. The highest BCUT2D eigenvalue weighted by atomic mass is 32.1. The average Bonchev–Trinajstić information content (AvgIpc) is 3.39. The summed E-state index contributed by atoms with van der Waals surface area (Å²) < 4.78 is 10.8. The summed E-state index contributed by atoms with van der Waals surface area (Å²) in [6, 6.07) is 24.9. The minimum Gasteiger partial charge on any atom is -0.497 e. The molecule has 1 aromatic heterocycles. The van der Waals surface area contributed by atoms with Gasteiger partial charge < -0.3 is 24.6 Å². The van der Waals surface area contributed by atoms with Crippen LogP contribution in [0.2, 0.25) is 0 Å². The number of methoxy groups -OCH3 is 1. The minimum absolute atomic E-state index is 0.0194. The lowest BCUT2D eigenvalue weighted by Crippen LogP contribution is -2.52. The van der Waals surface area contributed by atoms with Gasteiger partial charge in [-0.15, -0.1) is 0 Å². The van der Waals surface area contributed by atoms with Gasteiger partial charge in [0.15, 0.2) is 0 Å². The van der Waals surface area contributed by atoms with E-state index in [0.717, 1.165) is 61.8 Å². The Morgan fingerprint density at radius 3 is 2.46 bits per heavy atom. The number of ether oxygens (including phenoxy) is 2. The predicted octanol–water partition coefficient (Wildman–Crippen LogP) is 6.88. The molecule has 1 heterocycles. The average molecular weight is 666 g/mol. The Bertz CT molecular complexity index is 1950. The molecule has 4 aromatic carbocycles. The van der Waals surface area contributed by atoms with Gasteiger partial charge in [0.2, 0.25) is 5.91 Å². The van der Waals surface area contributed by atoms with Gasteiger partial charge in [0.1, 0.15) is 24.2 Å². The number of aryl methyl sites for hydroxylation is 2. The highest BCUT2D eigenvalue weighted by molar-refractivity contribution is 7.80. The number of H-pyrrole nitrogens is 1. The standard InChI is InChI=1S/C38H39N3O6S/c1-24(42)9-7-12-27-13-8-14-28-19-29(15-17-31(27)28)41(36(43)21-32-25(2)39-34-18-16-30(46-3)20-33(32)34)37(44)35(23-48)40-38(45)47-22-26-10-5-4-6-11-26/h4-6,8,10-11,13-20,35,39,48H,7,9,12,21-23H2,1-3H3,(H,40,45)/t35-/m0/s1. The van der Waals surface area contributed by atoms with Crippen LogP contribution in [0.15, 0.2) is 84.9 Å². The number of anilines is 1. The molecule has 0 radical (unpaired) electrons. The van der Waals surface area contributed by atoms with E-state index in [9.17, 15) is 19.2 Å². The molecule has 0 saturated carbocycles. The summed E-state index contributed by atoms with van der Waals surface area (Å²) >= 11 is 4.37. The molecule has 9 nitrogen and oxygen atoms in total. The van der Waals surface area contributed by atoms with Crippen LogP contribution in [0.25, 0.3) is 21.7 Å². The van der Waals surface area contributed by atoms with Gasteiger partial charge in [-0.3, -0.25) is 9.59 Å². The zero-order valence-electron chi connectivity index (χ0n) is 27.2.